The van der Waals surface area contributed by atoms with Crippen molar-refractivity contribution >= 4 is 22.3 Å². The number of nitrogens with zero attached hydrogens (tertiary/aromatic N) is 4. The van der Waals surface area contributed by atoms with Gasteiger partial charge in [-0.25, -0.2) is 0 Å². The lowest BCUT2D eigenvalue weighted by molar-refractivity contribution is 0.660. The molecule has 0 saturated carbocycles. The smallest absolute Gasteiger partial charge is 0.161 e. The molecule has 19 heavy (non-hydrogen) atoms. The molecule has 0 aliphatic carbocycles. The van der Waals surface area contributed by atoms with Gasteiger partial charge >= 0.3 is 0 Å². The van der Waals surface area contributed by atoms with Gasteiger partial charge in [0.05, 0.1) is 17.6 Å². The largest absolute Gasteiger partial charge is 0.336 e. The lowest BCUT2D eigenvalue weighted by atomic mass is 10.1. The van der Waals surface area contributed by atoms with E-state index in [4.69, 9.17) is 0 Å². The molecule has 5 nitrogen and oxygen atoms in total. The van der Waals surface area contributed by atoms with Gasteiger partial charge in [-0.15, -0.1) is 5.10 Å². The van der Waals surface area contributed by atoms with Crippen molar-refractivity contribution in [2.45, 2.75) is 20.4 Å². The van der Waals surface area contributed by atoms with Gasteiger partial charge in [-0.3, -0.25) is 4.68 Å². The molecule has 96 valence electrons. The first-order valence-corrected chi connectivity index (χ1v) is 6.29. The molecule has 0 radical (unpaired) electrons. The SMILES string of the molecule is CCn1cc(Nc2nnc(C)c3ccccc23)cn1. The van der Waals surface area contributed by atoms with Gasteiger partial charge in [-0.05, 0) is 13.8 Å². The zero-order chi connectivity index (χ0) is 13.2. The second kappa shape index (κ2) is 4.68. The minimum atomic E-state index is 0.761. The van der Waals surface area contributed by atoms with Crippen LogP contribution in [0.2, 0.25) is 0 Å². The highest BCUT2D eigenvalue weighted by molar-refractivity contribution is 5.94. The van der Waals surface area contributed by atoms with Crippen molar-refractivity contribution in [2.24, 2.45) is 0 Å². The van der Waals surface area contributed by atoms with E-state index in [-0.39, 0.29) is 0 Å². The van der Waals surface area contributed by atoms with Crippen LogP contribution in [0.3, 0.4) is 0 Å². The standard InChI is InChI=1S/C14H15N5/c1-3-19-9-11(8-15-19)16-14-13-7-5-4-6-12(13)10(2)17-18-14/h4-9H,3H2,1-2H3,(H,16,18). The number of aryl methyl sites for hydroxylation is 2. The normalized spacial score (nSPS) is 10.8. The monoisotopic (exact) mass is 253 g/mol. The fourth-order valence-corrected chi connectivity index (χ4v) is 2.07. The van der Waals surface area contributed by atoms with Crippen LogP contribution in [0.4, 0.5) is 11.5 Å². The van der Waals surface area contributed by atoms with Crippen LogP contribution < -0.4 is 5.32 Å². The van der Waals surface area contributed by atoms with Crippen molar-refractivity contribution in [3.63, 3.8) is 0 Å². The summed E-state index contributed by atoms with van der Waals surface area (Å²) in [6.07, 6.45) is 3.75. The van der Waals surface area contributed by atoms with Crippen LogP contribution in [0, 0.1) is 6.92 Å². The van der Waals surface area contributed by atoms with Gasteiger partial charge in [0.2, 0.25) is 0 Å². The molecule has 1 aromatic carbocycles. The van der Waals surface area contributed by atoms with Crippen molar-refractivity contribution in [3.8, 4) is 0 Å². The van der Waals surface area contributed by atoms with Crippen molar-refractivity contribution in [2.75, 3.05) is 5.32 Å². The van der Waals surface area contributed by atoms with Crippen LogP contribution in [-0.2, 0) is 6.54 Å². The van der Waals surface area contributed by atoms with E-state index in [1.807, 2.05) is 36.0 Å². The van der Waals surface area contributed by atoms with Gasteiger partial charge < -0.3 is 5.32 Å². The van der Waals surface area contributed by atoms with Crippen LogP contribution in [0.1, 0.15) is 12.6 Å². The Kier molecular flexibility index (Phi) is 2.87. The first-order valence-electron chi connectivity index (χ1n) is 6.29. The number of hydrogen-bond acceptors (Lipinski definition) is 4. The summed E-state index contributed by atoms with van der Waals surface area (Å²) < 4.78 is 1.87. The molecular formula is C14H15N5. The predicted molar refractivity (Wildman–Crippen MR) is 75.5 cm³/mol. The molecule has 0 bridgehead atoms. The maximum absolute atomic E-state index is 4.24. The van der Waals surface area contributed by atoms with Crippen LogP contribution in [-0.4, -0.2) is 20.0 Å². The van der Waals surface area contributed by atoms with Crippen molar-refractivity contribution in [1.82, 2.24) is 20.0 Å². The Labute approximate surface area is 111 Å². The third-order valence-electron chi connectivity index (χ3n) is 3.09. The zero-order valence-corrected chi connectivity index (χ0v) is 11.0. The molecule has 0 aliphatic rings. The minimum Gasteiger partial charge on any atom is -0.336 e. The average Bonchev–Trinajstić information content (AvgIpc) is 2.90. The van der Waals surface area contributed by atoms with E-state index in [0.717, 1.165) is 34.5 Å². The lowest BCUT2D eigenvalue weighted by Gasteiger charge is -2.07. The molecule has 0 fully saturated rings. The van der Waals surface area contributed by atoms with Crippen molar-refractivity contribution < 1.29 is 0 Å². The molecular weight excluding hydrogens is 238 g/mol. The van der Waals surface area contributed by atoms with Crippen LogP contribution in [0.25, 0.3) is 10.8 Å². The Hall–Kier alpha value is -2.43. The number of nitrogens with one attached hydrogen (secondary N) is 1. The second-order valence-electron chi connectivity index (χ2n) is 4.39. The predicted octanol–water partition coefficient (Wildman–Crippen LogP) is 2.90. The van der Waals surface area contributed by atoms with E-state index in [0.29, 0.717) is 0 Å². The highest BCUT2D eigenvalue weighted by Crippen LogP contribution is 2.24. The number of aromatic nitrogens is 4. The van der Waals surface area contributed by atoms with E-state index < -0.39 is 0 Å². The molecule has 0 amide bonds. The highest BCUT2D eigenvalue weighted by atomic mass is 15.3. The van der Waals surface area contributed by atoms with Crippen molar-refractivity contribution in [1.29, 1.82) is 0 Å². The average molecular weight is 253 g/mol. The summed E-state index contributed by atoms with van der Waals surface area (Å²) in [4.78, 5) is 0. The summed E-state index contributed by atoms with van der Waals surface area (Å²) in [6, 6.07) is 8.11. The van der Waals surface area contributed by atoms with Gasteiger partial charge in [0, 0.05) is 23.5 Å². The van der Waals surface area contributed by atoms with Crippen molar-refractivity contribution in [3.05, 3.63) is 42.4 Å². The van der Waals surface area contributed by atoms with Gasteiger partial charge in [0.1, 0.15) is 0 Å². The summed E-state index contributed by atoms with van der Waals surface area (Å²) in [5, 5.41) is 18.1. The van der Waals surface area contributed by atoms with Gasteiger partial charge in [-0.1, -0.05) is 24.3 Å². The quantitative estimate of drug-likeness (QED) is 0.779. The summed E-state index contributed by atoms with van der Waals surface area (Å²) in [5.74, 6) is 0.761. The Balaban J connectivity index is 2.03. The van der Waals surface area contributed by atoms with E-state index in [9.17, 15) is 0 Å². The Morgan fingerprint density at radius 2 is 1.95 bits per heavy atom. The van der Waals surface area contributed by atoms with Crippen LogP contribution in [0.15, 0.2) is 36.7 Å². The van der Waals surface area contributed by atoms with E-state index in [1.165, 1.54) is 0 Å². The summed E-state index contributed by atoms with van der Waals surface area (Å²) in [5.41, 5.74) is 1.86. The number of hydrogen-bond donors (Lipinski definition) is 1. The number of fused-ring (bicyclic) bond motifs is 1. The third-order valence-corrected chi connectivity index (χ3v) is 3.09. The highest BCUT2D eigenvalue weighted by Gasteiger charge is 2.07. The molecule has 5 heteroatoms. The fourth-order valence-electron chi connectivity index (χ4n) is 2.07. The van der Waals surface area contributed by atoms with Gasteiger partial charge in [0.25, 0.3) is 0 Å². The molecule has 3 aromatic rings. The first-order chi connectivity index (χ1) is 9.28. The first kappa shape index (κ1) is 11.6. The molecule has 2 heterocycles. The van der Waals surface area contributed by atoms with Crippen LogP contribution in [0.5, 0.6) is 0 Å². The van der Waals surface area contributed by atoms with E-state index in [1.54, 1.807) is 6.20 Å². The molecule has 1 N–H and O–H groups in total. The molecule has 0 atom stereocenters. The zero-order valence-electron chi connectivity index (χ0n) is 11.0. The second-order valence-corrected chi connectivity index (χ2v) is 4.39. The number of anilines is 2. The lowest BCUT2D eigenvalue weighted by Crippen LogP contribution is -1.98. The Morgan fingerprint density at radius 3 is 2.68 bits per heavy atom. The number of benzene rings is 1. The Morgan fingerprint density at radius 1 is 1.16 bits per heavy atom. The molecule has 0 saturated heterocycles. The molecule has 0 spiro atoms. The minimum absolute atomic E-state index is 0.761. The van der Waals surface area contributed by atoms with Gasteiger partial charge in [0.15, 0.2) is 5.82 Å². The molecule has 3 rings (SSSR count). The maximum Gasteiger partial charge on any atom is 0.161 e. The molecule has 0 unspecified atom stereocenters. The third kappa shape index (κ3) is 2.14. The van der Waals surface area contributed by atoms with E-state index >= 15 is 0 Å². The number of rotatable bonds is 3. The summed E-state index contributed by atoms with van der Waals surface area (Å²) in [7, 11) is 0. The van der Waals surface area contributed by atoms with E-state index in [2.05, 4.69) is 33.6 Å². The topological polar surface area (TPSA) is 55.6 Å². The fraction of sp³-hybridized carbons (Fsp3) is 0.214. The molecule has 0 aliphatic heterocycles. The summed E-state index contributed by atoms with van der Waals surface area (Å²) in [6.45, 7) is 4.87. The Bertz CT molecular complexity index is 717. The van der Waals surface area contributed by atoms with Crippen LogP contribution >= 0.6 is 0 Å². The maximum atomic E-state index is 4.24. The summed E-state index contributed by atoms with van der Waals surface area (Å²) >= 11 is 0. The van der Waals surface area contributed by atoms with Gasteiger partial charge in [-0.2, -0.15) is 10.2 Å². The molecule has 2 aromatic heterocycles.